The van der Waals surface area contributed by atoms with Gasteiger partial charge in [-0.2, -0.15) is 11.8 Å². The van der Waals surface area contributed by atoms with E-state index in [0.717, 1.165) is 5.56 Å². The van der Waals surface area contributed by atoms with Crippen LogP contribution in [0.5, 0.6) is 0 Å². The molecule has 0 saturated heterocycles. The third kappa shape index (κ3) is 6.32. The molecule has 0 saturated carbocycles. The van der Waals surface area contributed by atoms with Crippen LogP contribution in [0.3, 0.4) is 0 Å². The number of benzene rings is 1. The summed E-state index contributed by atoms with van der Waals surface area (Å²) in [6.07, 6.45) is 0.101. The van der Waals surface area contributed by atoms with E-state index >= 15 is 0 Å². The average Bonchev–Trinajstić information content (AvgIpc) is 2.51. The monoisotopic (exact) mass is 359 g/mol. The maximum Gasteiger partial charge on any atom is 0.305 e. The molecule has 1 rings (SSSR count). The summed E-state index contributed by atoms with van der Waals surface area (Å²) < 4.78 is 27.0. The Bertz CT molecular complexity index is 658. The topological polar surface area (TPSA) is 101 Å². The van der Waals surface area contributed by atoms with Gasteiger partial charge in [-0.3, -0.25) is 9.59 Å². The number of aliphatic carboxylic acids is 1. The highest BCUT2D eigenvalue weighted by molar-refractivity contribution is 7.99. The van der Waals surface area contributed by atoms with Gasteiger partial charge in [0.05, 0.1) is 23.1 Å². The van der Waals surface area contributed by atoms with E-state index < -0.39 is 34.2 Å². The molecule has 2 N–H and O–H groups in total. The van der Waals surface area contributed by atoms with Gasteiger partial charge in [-0.25, -0.2) is 13.1 Å². The Morgan fingerprint density at radius 3 is 2.57 bits per heavy atom. The zero-order valence-corrected chi connectivity index (χ0v) is 14.7. The first-order valence-electron chi connectivity index (χ1n) is 7.23. The highest BCUT2D eigenvalue weighted by Crippen LogP contribution is 2.14. The van der Waals surface area contributed by atoms with Gasteiger partial charge < -0.3 is 5.11 Å². The maximum atomic E-state index is 12.4. The van der Waals surface area contributed by atoms with Gasteiger partial charge in [-0.15, -0.1) is 0 Å². The summed E-state index contributed by atoms with van der Waals surface area (Å²) in [7, 11) is -3.95. The molecule has 0 bridgehead atoms. The van der Waals surface area contributed by atoms with Crippen molar-refractivity contribution in [2.45, 2.75) is 37.6 Å². The fourth-order valence-corrected chi connectivity index (χ4v) is 3.78. The Labute approximate surface area is 140 Å². The first-order chi connectivity index (χ1) is 10.8. The molecule has 0 aliphatic heterocycles. The lowest BCUT2D eigenvalue weighted by Gasteiger charge is -2.16. The number of hydrogen-bond donors (Lipinski definition) is 2. The van der Waals surface area contributed by atoms with E-state index in [4.69, 9.17) is 5.11 Å². The first kappa shape index (κ1) is 19.7. The van der Waals surface area contributed by atoms with Crippen molar-refractivity contribution in [3.63, 3.8) is 0 Å². The highest BCUT2D eigenvalue weighted by Gasteiger charge is 2.27. The van der Waals surface area contributed by atoms with E-state index in [2.05, 4.69) is 4.72 Å². The van der Waals surface area contributed by atoms with Gasteiger partial charge in [0.1, 0.15) is 0 Å². The third-order valence-electron chi connectivity index (χ3n) is 3.13. The highest BCUT2D eigenvalue weighted by atomic mass is 32.2. The summed E-state index contributed by atoms with van der Waals surface area (Å²) in [5.41, 5.74) is 0.843. The number of nitrogens with one attached hydrogen (secondary N) is 1. The number of sulfonamides is 1. The lowest BCUT2D eigenvalue weighted by molar-refractivity contribution is -0.139. The molecule has 6 nitrogen and oxygen atoms in total. The molecule has 8 heteroatoms. The van der Waals surface area contributed by atoms with Crippen LogP contribution in [0.15, 0.2) is 29.2 Å². The Morgan fingerprint density at radius 1 is 1.30 bits per heavy atom. The van der Waals surface area contributed by atoms with Gasteiger partial charge in [-0.1, -0.05) is 26.0 Å². The van der Waals surface area contributed by atoms with E-state index in [9.17, 15) is 18.0 Å². The zero-order valence-electron chi connectivity index (χ0n) is 13.1. The molecule has 0 heterocycles. The number of hydrogen-bond acceptors (Lipinski definition) is 5. The molecule has 0 radical (unpaired) electrons. The average molecular weight is 359 g/mol. The van der Waals surface area contributed by atoms with Crippen LogP contribution in [0, 0.1) is 0 Å². The molecule has 23 heavy (non-hydrogen) atoms. The molecule has 1 aromatic carbocycles. The summed E-state index contributed by atoms with van der Waals surface area (Å²) in [4.78, 5) is 23.0. The van der Waals surface area contributed by atoms with Crippen LogP contribution < -0.4 is 4.72 Å². The van der Waals surface area contributed by atoms with Gasteiger partial charge in [0, 0.05) is 0 Å². The van der Waals surface area contributed by atoms with Crippen LogP contribution in [0.4, 0.5) is 0 Å². The fourth-order valence-electron chi connectivity index (χ4n) is 1.89. The third-order valence-corrected chi connectivity index (χ3v) is 5.50. The lowest BCUT2D eigenvalue weighted by Crippen LogP contribution is -2.43. The van der Waals surface area contributed by atoms with Gasteiger partial charge >= 0.3 is 5.97 Å². The first-order valence-corrected chi connectivity index (χ1v) is 9.87. The van der Waals surface area contributed by atoms with Crippen LogP contribution in [-0.2, 0) is 26.0 Å². The van der Waals surface area contributed by atoms with E-state index in [-0.39, 0.29) is 10.6 Å². The zero-order chi connectivity index (χ0) is 17.5. The number of Topliss-reactive ketones (excluding diaryl/α,β-unsaturated/α-hetero) is 1. The van der Waals surface area contributed by atoms with Crippen molar-refractivity contribution in [1.29, 1.82) is 0 Å². The molecule has 0 aromatic heterocycles. The minimum Gasteiger partial charge on any atom is -0.481 e. The van der Waals surface area contributed by atoms with Crippen molar-refractivity contribution in [2.24, 2.45) is 0 Å². The molecule has 128 valence electrons. The molecule has 0 fully saturated rings. The molecule has 0 spiro atoms. The molecule has 0 aliphatic carbocycles. The van der Waals surface area contributed by atoms with Crippen LogP contribution in [0.1, 0.15) is 25.8 Å². The summed E-state index contributed by atoms with van der Waals surface area (Å²) in [6.45, 7) is 3.77. The number of carbonyl (C=O) groups excluding carboxylic acids is 1. The van der Waals surface area contributed by atoms with E-state index in [0.29, 0.717) is 12.2 Å². The van der Waals surface area contributed by atoms with Crippen LogP contribution in [-0.4, -0.2) is 42.8 Å². The fraction of sp³-hybridized carbons (Fsp3) is 0.467. The molecule has 1 unspecified atom stereocenters. The number of thioether (sulfide) groups is 1. The van der Waals surface area contributed by atoms with Gasteiger partial charge in [0.2, 0.25) is 10.0 Å². The number of aryl methyl sites for hydroxylation is 1. The van der Waals surface area contributed by atoms with Gasteiger partial charge in [0.25, 0.3) is 0 Å². The van der Waals surface area contributed by atoms with Gasteiger partial charge in [0.15, 0.2) is 5.78 Å². The van der Waals surface area contributed by atoms with Crippen molar-refractivity contribution in [3.8, 4) is 0 Å². The molecular weight excluding hydrogens is 338 g/mol. The number of carboxylic acids is 1. The predicted octanol–water partition coefficient (Wildman–Crippen LogP) is 1.69. The van der Waals surface area contributed by atoms with E-state index in [1.807, 2.05) is 13.8 Å². The number of carbonyl (C=O) groups is 2. The normalized spacial score (nSPS) is 12.8. The summed E-state index contributed by atoms with van der Waals surface area (Å²) in [5.74, 6) is -0.896. The Hall–Kier alpha value is -1.38. The lowest BCUT2D eigenvalue weighted by atomic mass is 10.1. The molecule has 0 aliphatic rings. The van der Waals surface area contributed by atoms with E-state index in [1.165, 1.54) is 23.9 Å². The molecule has 1 atom stereocenters. The number of rotatable bonds is 10. The van der Waals surface area contributed by atoms with E-state index in [1.54, 1.807) is 12.1 Å². The quantitative estimate of drug-likeness (QED) is 0.659. The van der Waals surface area contributed by atoms with Crippen LogP contribution in [0.25, 0.3) is 0 Å². The Kier molecular flexibility index (Phi) is 7.74. The van der Waals surface area contributed by atoms with Crippen LogP contribution >= 0.6 is 11.8 Å². The molecule has 1 aromatic rings. The largest absolute Gasteiger partial charge is 0.481 e. The summed E-state index contributed by atoms with van der Waals surface area (Å²) >= 11 is 1.32. The Balaban J connectivity index is 2.99. The summed E-state index contributed by atoms with van der Waals surface area (Å²) in [5, 5.41) is 8.91. The van der Waals surface area contributed by atoms with Crippen molar-refractivity contribution in [2.75, 3.05) is 11.5 Å². The second-order valence-electron chi connectivity index (χ2n) is 4.88. The van der Waals surface area contributed by atoms with Crippen molar-refractivity contribution in [3.05, 3.63) is 29.8 Å². The van der Waals surface area contributed by atoms with Crippen molar-refractivity contribution in [1.82, 2.24) is 4.72 Å². The number of ketones is 1. The minimum absolute atomic E-state index is 0.0307. The standard InChI is InChI=1S/C15H21NO5S2/c1-3-11-6-5-7-12(8-11)23(20,21)16-13(9-15(18)19)14(17)10-22-4-2/h5-8,13,16H,3-4,9-10H2,1-2H3,(H,18,19). The molecular formula is C15H21NO5S2. The minimum atomic E-state index is -3.95. The smallest absolute Gasteiger partial charge is 0.305 e. The Morgan fingerprint density at radius 2 is 2.00 bits per heavy atom. The second kappa shape index (κ2) is 9.05. The molecule has 0 amide bonds. The van der Waals surface area contributed by atoms with Crippen LogP contribution in [0.2, 0.25) is 0 Å². The van der Waals surface area contributed by atoms with Crippen molar-refractivity contribution >= 4 is 33.5 Å². The number of carboxylic acid groups (broad SMARTS) is 1. The van der Waals surface area contributed by atoms with Crippen molar-refractivity contribution < 1.29 is 23.1 Å². The SMILES string of the molecule is CCSCC(=O)C(CC(=O)O)NS(=O)(=O)c1cccc(CC)c1. The second-order valence-corrected chi connectivity index (χ2v) is 7.86. The maximum absolute atomic E-state index is 12.4. The van der Waals surface area contributed by atoms with Gasteiger partial charge in [-0.05, 0) is 29.9 Å². The predicted molar refractivity (Wildman–Crippen MR) is 90.2 cm³/mol. The summed E-state index contributed by atoms with van der Waals surface area (Å²) in [6, 6.07) is 5.10.